The summed E-state index contributed by atoms with van der Waals surface area (Å²) in [5.74, 6) is 0. The van der Waals surface area contributed by atoms with Gasteiger partial charge in [0.05, 0.1) is 11.0 Å². The van der Waals surface area contributed by atoms with Crippen LogP contribution in [0.3, 0.4) is 0 Å². The summed E-state index contributed by atoms with van der Waals surface area (Å²) in [6.45, 7) is 4.21. The van der Waals surface area contributed by atoms with Crippen molar-refractivity contribution in [3.8, 4) is 0 Å². The van der Waals surface area contributed by atoms with Crippen LogP contribution in [-0.4, -0.2) is 9.97 Å². The van der Waals surface area contributed by atoms with Crippen LogP contribution in [0.1, 0.15) is 11.1 Å². The van der Waals surface area contributed by atoms with Gasteiger partial charge in [-0.05, 0) is 37.1 Å². The van der Waals surface area contributed by atoms with E-state index in [1.54, 1.807) is 21.6 Å². The van der Waals surface area contributed by atoms with Crippen LogP contribution in [0.2, 0.25) is 0 Å². The van der Waals surface area contributed by atoms with E-state index in [1.807, 2.05) is 12.4 Å². The van der Waals surface area contributed by atoms with Crippen LogP contribution < -0.4 is 0 Å². The van der Waals surface area contributed by atoms with Gasteiger partial charge in [0.15, 0.2) is 0 Å². The van der Waals surface area contributed by atoms with Crippen LogP contribution in [0.15, 0.2) is 70.7 Å². The van der Waals surface area contributed by atoms with E-state index in [1.165, 1.54) is 31.7 Å². The number of hydrogen-bond acceptors (Lipinski definition) is 4. The number of para-hydroxylation sites is 2. The molecular weight excluding hydrogens is 332 g/mol. The highest BCUT2D eigenvalue weighted by Crippen LogP contribution is 2.42. The number of aryl methyl sites for hydroxylation is 2. The van der Waals surface area contributed by atoms with Crippen molar-refractivity contribution in [3.05, 3.63) is 72.1 Å². The van der Waals surface area contributed by atoms with Gasteiger partial charge in [0.2, 0.25) is 0 Å². The highest BCUT2D eigenvalue weighted by Gasteiger charge is 2.08. The van der Waals surface area contributed by atoms with E-state index < -0.39 is 0 Å². The molecule has 4 rings (SSSR count). The molecule has 0 saturated heterocycles. The van der Waals surface area contributed by atoms with Crippen LogP contribution in [0.5, 0.6) is 0 Å². The zero-order chi connectivity index (χ0) is 16.5. The van der Waals surface area contributed by atoms with Gasteiger partial charge < -0.3 is 0 Å². The first-order valence-electron chi connectivity index (χ1n) is 7.77. The van der Waals surface area contributed by atoms with Gasteiger partial charge in [-0.15, -0.1) is 0 Å². The van der Waals surface area contributed by atoms with Crippen molar-refractivity contribution in [2.45, 2.75) is 23.6 Å². The Morgan fingerprint density at radius 1 is 0.625 bits per heavy atom. The summed E-state index contributed by atoms with van der Waals surface area (Å²) < 4.78 is 0. The second kappa shape index (κ2) is 6.46. The first-order chi connectivity index (χ1) is 11.7. The molecule has 0 fully saturated rings. The number of hydrogen-bond donors (Lipinski definition) is 0. The van der Waals surface area contributed by atoms with E-state index in [2.05, 4.69) is 72.3 Å². The molecule has 2 heterocycles. The summed E-state index contributed by atoms with van der Waals surface area (Å²) in [7, 11) is 3.56. The quantitative estimate of drug-likeness (QED) is 0.412. The summed E-state index contributed by atoms with van der Waals surface area (Å²) in [6, 6.07) is 16.9. The summed E-state index contributed by atoms with van der Waals surface area (Å²) in [4.78, 5) is 11.5. The van der Waals surface area contributed by atoms with Gasteiger partial charge in [-0.25, -0.2) is 0 Å². The molecule has 0 aliphatic heterocycles. The predicted octanol–water partition coefficient (Wildman–Crippen LogP) is 6.20. The standard InChI is InChI=1S/C20H16N2S2/c1-13-5-3-7-15-17(9-11-21-19(13)15)23-24-18-10-12-22-20-14(2)6-4-8-16(18)20/h3-12H,1-2H3. The molecule has 0 radical (unpaired) electrons. The Hall–Kier alpha value is -2.04. The Balaban J connectivity index is 1.72. The van der Waals surface area contributed by atoms with Gasteiger partial charge in [0, 0.05) is 33.0 Å². The molecule has 2 aromatic heterocycles. The van der Waals surface area contributed by atoms with Gasteiger partial charge in [0.1, 0.15) is 0 Å². The van der Waals surface area contributed by atoms with Crippen LogP contribution in [0.25, 0.3) is 21.8 Å². The summed E-state index contributed by atoms with van der Waals surface area (Å²) in [6.07, 6.45) is 3.79. The molecule has 0 N–H and O–H groups in total. The third kappa shape index (κ3) is 2.76. The van der Waals surface area contributed by atoms with E-state index in [0.29, 0.717) is 0 Å². The molecule has 0 aliphatic rings. The molecule has 0 aliphatic carbocycles. The lowest BCUT2D eigenvalue weighted by molar-refractivity contribution is 1.32. The molecule has 0 amide bonds. The molecule has 2 aromatic carbocycles. The predicted molar refractivity (Wildman–Crippen MR) is 105 cm³/mol. The smallest absolute Gasteiger partial charge is 0.0742 e. The lowest BCUT2D eigenvalue weighted by Crippen LogP contribution is -1.85. The highest BCUT2D eigenvalue weighted by molar-refractivity contribution is 8.76. The molecule has 2 nitrogen and oxygen atoms in total. The van der Waals surface area contributed by atoms with Gasteiger partial charge in [-0.3, -0.25) is 9.97 Å². The lowest BCUT2D eigenvalue weighted by Gasteiger charge is -2.09. The van der Waals surface area contributed by atoms with Crippen molar-refractivity contribution in [3.63, 3.8) is 0 Å². The van der Waals surface area contributed by atoms with Crippen LogP contribution in [-0.2, 0) is 0 Å². The van der Waals surface area contributed by atoms with Gasteiger partial charge in [-0.1, -0.05) is 58.0 Å². The fourth-order valence-corrected chi connectivity index (χ4v) is 5.16. The Morgan fingerprint density at radius 3 is 1.54 bits per heavy atom. The van der Waals surface area contributed by atoms with E-state index in [9.17, 15) is 0 Å². The minimum atomic E-state index is 1.08. The van der Waals surface area contributed by atoms with Crippen molar-refractivity contribution >= 4 is 43.4 Å². The number of nitrogens with zero attached hydrogens (tertiary/aromatic N) is 2. The third-order valence-corrected chi connectivity index (χ3v) is 6.57. The Bertz CT molecular complexity index is 959. The summed E-state index contributed by atoms with van der Waals surface area (Å²) in [5.41, 5.74) is 4.59. The zero-order valence-electron chi connectivity index (χ0n) is 13.5. The molecule has 4 heteroatoms. The molecular formula is C20H16N2S2. The first-order valence-corrected chi connectivity index (χ1v) is 9.92. The number of aromatic nitrogens is 2. The van der Waals surface area contributed by atoms with Crippen molar-refractivity contribution in [2.24, 2.45) is 0 Å². The molecule has 0 unspecified atom stereocenters. The zero-order valence-corrected chi connectivity index (χ0v) is 15.1. The highest BCUT2D eigenvalue weighted by atomic mass is 33.1. The van der Waals surface area contributed by atoms with Crippen molar-refractivity contribution in [2.75, 3.05) is 0 Å². The fourth-order valence-electron chi connectivity index (χ4n) is 2.83. The maximum atomic E-state index is 4.53. The minimum absolute atomic E-state index is 1.08. The molecule has 0 spiro atoms. The van der Waals surface area contributed by atoms with E-state index in [4.69, 9.17) is 0 Å². The maximum Gasteiger partial charge on any atom is 0.0742 e. The molecule has 4 aromatic rings. The SMILES string of the molecule is Cc1cccc2c(SSc3ccnc4c(C)cccc34)ccnc12. The van der Waals surface area contributed by atoms with E-state index >= 15 is 0 Å². The monoisotopic (exact) mass is 348 g/mol. The molecule has 24 heavy (non-hydrogen) atoms. The topological polar surface area (TPSA) is 25.8 Å². The van der Waals surface area contributed by atoms with Crippen LogP contribution in [0.4, 0.5) is 0 Å². The van der Waals surface area contributed by atoms with E-state index in [0.717, 1.165) is 11.0 Å². The summed E-state index contributed by atoms with van der Waals surface area (Å²) >= 11 is 0. The van der Waals surface area contributed by atoms with Crippen molar-refractivity contribution in [1.82, 2.24) is 9.97 Å². The Labute approximate surface area is 149 Å². The second-order valence-electron chi connectivity index (χ2n) is 5.73. The van der Waals surface area contributed by atoms with Gasteiger partial charge >= 0.3 is 0 Å². The average Bonchev–Trinajstić information content (AvgIpc) is 2.61. The third-order valence-electron chi connectivity index (χ3n) is 4.09. The first kappa shape index (κ1) is 15.5. The molecule has 0 atom stereocenters. The van der Waals surface area contributed by atoms with Crippen LogP contribution >= 0.6 is 21.6 Å². The molecule has 0 bridgehead atoms. The molecule has 118 valence electrons. The normalized spacial score (nSPS) is 11.2. The largest absolute Gasteiger partial charge is 0.256 e. The number of benzene rings is 2. The maximum absolute atomic E-state index is 4.53. The fraction of sp³-hybridized carbons (Fsp3) is 0.100. The van der Waals surface area contributed by atoms with E-state index in [-0.39, 0.29) is 0 Å². The van der Waals surface area contributed by atoms with Gasteiger partial charge in [-0.2, -0.15) is 0 Å². The Morgan fingerprint density at radius 2 is 1.08 bits per heavy atom. The average molecular weight is 348 g/mol. The second-order valence-corrected chi connectivity index (χ2v) is 7.94. The van der Waals surface area contributed by atoms with Crippen molar-refractivity contribution in [1.29, 1.82) is 0 Å². The van der Waals surface area contributed by atoms with Crippen LogP contribution in [0, 0.1) is 13.8 Å². The molecule has 0 saturated carbocycles. The number of pyridine rings is 2. The van der Waals surface area contributed by atoms with Gasteiger partial charge in [0.25, 0.3) is 0 Å². The Kier molecular flexibility index (Phi) is 4.17. The minimum Gasteiger partial charge on any atom is -0.256 e. The number of rotatable bonds is 3. The summed E-state index contributed by atoms with van der Waals surface area (Å²) in [5, 5.41) is 2.43. The number of fused-ring (bicyclic) bond motifs is 2. The van der Waals surface area contributed by atoms with Crippen molar-refractivity contribution < 1.29 is 0 Å². The lowest BCUT2D eigenvalue weighted by atomic mass is 10.1.